The highest BCUT2D eigenvalue weighted by Gasteiger charge is 2.45. The number of urea groups is 1. The maximum Gasteiger partial charge on any atom is 0.334 e. The molecule has 1 aromatic rings. The summed E-state index contributed by atoms with van der Waals surface area (Å²) in [6, 6.07) is 5.51. The molecule has 9 heteroatoms. The highest BCUT2D eigenvalue weighted by Crippen LogP contribution is 2.31. The molecule has 1 saturated heterocycles. The van der Waals surface area contributed by atoms with Crippen LogP contribution < -0.4 is 10.2 Å². The second-order valence-corrected chi connectivity index (χ2v) is 6.11. The molecule has 1 atom stereocenters. The van der Waals surface area contributed by atoms with Gasteiger partial charge in [0.25, 0.3) is 0 Å². The Morgan fingerprint density at radius 2 is 1.77 bits per heavy atom. The first kappa shape index (κ1) is 17.6. The molecule has 0 radical (unpaired) electrons. The molecule has 136 valence electrons. The van der Waals surface area contributed by atoms with Crippen LogP contribution in [0.3, 0.4) is 0 Å². The molecule has 1 aromatic carbocycles. The van der Waals surface area contributed by atoms with Crippen LogP contribution in [0.25, 0.3) is 0 Å². The summed E-state index contributed by atoms with van der Waals surface area (Å²) in [4.78, 5) is 63.7. The Kier molecular flexibility index (Phi) is 4.45. The summed E-state index contributed by atoms with van der Waals surface area (Å²) < 4.78 is 0. The average molecular weight is 358 g/mol. The number of likely N-dealkylation sites (N-methyl/N-ethyl adjacent to an activating group) is 1. The molecule has 1 N–H and O–H groups in total. The van der Waals surface area contributed by atoms with Crippen molar-refractivity contribution in [3.05, 3.63) is 24.3 Å². The van der Waals surface area contributed by atoms with Gasteiger partial charge in [-0.25, -0.2) is 9.69 Å². The van der Waals surface area contributed by atoms with Gasteiger partial charge in [0.2, 0.25) is 11.8 Å². The smallest absolute Gasteiger partial charge is 0.324 e. The van der Waals surface area contributed by atoms with Crippen LogP contribution in [0.2, 0.25) is 0 Å². The first-order chi connectivity index (χ1) is 12.3. The molecule has 2 aliphatic rings. The van der Waals surface area contributed by atoms with Crippen LogP contribution in [0, 0.1) is 0 Å². The first-order valence-corrected chi connectivity index (χ1v) is 8.23. The molecule has 1 fully saturated rings. The van der Waals surface area contributed by atoms with E-state index in [1.807, 2.05) is 0 Å². The number of rotatable bonds is 3. The number of hydrogen-bond acceptors (Lipinski definition) is 5. The lowest BCUT2D eigenvalue weighted by Gasteiger charge is -2.29. The molecular formula is C17H18N4O5. The number of hydrogen-bond donors (Lipinski definition) is 1. The number of fused-ring (bicyclic) bond motifs is 1. The summed E-state index contributed by atoms with van der Waals surface area (Å²) in [6.07, 6.45) is 0.0718. The van der Waals surface area contributed by atoms with Gasteiger partial charge in [0.05, 0.1) is 11.4 Å². The van der Waals surface area contributed by atoms with Gasteiger partial charge in [0.15, 0.2) is 0 Å². The van der Waals surface area contributed by atoms with Crippen molar-refractivity contribution in [2.45, 2.75) is 26.3 Å². The zero-order valence-corrected chi connectivity index (χ0v) is 14.4. The van der Waals surface area contributed by atoms with E-state index in [2.05, 4.69) is 5.32 Å². The van der Waals surface area contributed by atoms with Gasteiger partial charge >= 0.3 is 17.8 Å². The van der Waals surface area contributed by atoms with Crippen molar-refractivity contribution in [3.8, 4) is 0 Å². The number of amides is 6. The van der Waals surface area contributed by atoms with Crippen LogP contribution in [0.1, 0.15) is 20.3 Å². The van der Waals surface area contributed by atoms with E-state index in [1.165, 1.54) is 4.90 Å². The average Bonchev–Trinajstić information content (AvgIpc) is 2.72. The predicted molar refractivity (Wildman–Crippen MR) is 91.1 cm³/mol. The minimum Gasteiger partial charge on any atom is -0.324 e. The Hall–Kier alpha value is -3.23. The Balaban J connectivity index is 1.90. The Labute approximate surface area is 149 Å². The number of imide groups is 2. The summed E-state index contributed by atoms with van der Waals surface area (Å²) in [6.45, 7) is 2.76. The highest BCUT2D eigenvalue weighted by atomic mass is 16.2. The molecule has 9 nitrogen and oxygen atoms in total. The van der Waals surface area contributed by atoms with Gasteiger partial charge in [-0.15, -0.1) is 0 Å². The van der Waals surface area contributed by atoms with Gasteiger partial charge in [-0.2, -0.15) is 0 Å². The third kappa shape index (κ3) is 2.81. The lowest BCUT2D eigenvalue weighted by atomic mass is 10.1. The van der Waals surface area contributed by atoms with Gasteiger partial charge in [-0.3, -0.25) is 24.1 Å². The predicted octanol–water partition coefficient (Wildman–Crippen LogP) is 0.561. The fourth-order valence-electron chi connectivity index (χ4n) is 3.15. The zero-order chi connectivity index (χ0) is 19.0. The third-order valence-electron chi connectivity index (χ3n) is 4.37. The van der Waals surface area contributed by atoms with Gasteiger partial charge in [-0.1, -0.05) is 12.1 Å². The van der Waals surface area contributed by atoms with Gasteiger partial charge < -0.3 is 10.2 Å². The van der Waals surface area contributed by atoms with Crippen LogP contribution in [0.5, 0.6) is 0 Å². The van der Waals surface area contributed by atoms with Gasteiger partial charge in [-0.05, 0) is 26.0 Å². The van der Waals surface area contributed by atoms with E-state index < -0.39 is 36.3 Å². The van der Waals surface area contributed by atoms with Crippen LogP contribution in [-0.2, 0) is 19.2 Å². The number of benzene rings is 1. The normalized spacial score (nSPS) is 20.2. The Morgan fingerprint density at radius 1 is 1.12 bits per heavy atom. The molecule has 0 saturated carbocycles. The van der Waals surface area contributed by atoms with Crippen molar-refractivity contribution in [2.75, 3.05) is 23.3 Å². The van der Waals surface area contributed by atoms with E-state index in [9.17, 15) is 24.0 Å². The first-order valence-electron chi connectivity index (χ1n) is 8.23. The zero-order valence-electron chi connectivity index (χ0n) is 14.4. The van der Waals surface area contributed by atoms with E-state index in [0.29, 0.717) is 16.3 Å². The van der Waals surface area contributed by atoms with E-state index in [-0.39, 0.29) is 18.9 Å². The molecule has 3 rings (SSSR count). The summed E-state index contributed by atoms with van der Waals surface area (Å²) in [5.41, 5.74) is 0.953. The maximum absolute atomic E-state index is 12.9. The largest absolute Gasteiger partial charge is 0.334 e. The van der Waals surface area contributed by atoms with Crippen LogP contribution in [-0.4, -0.2) is 58.6 Å². The summed E-state index contributed by atoms with van der Waals surface area (Å²) >= 11 is 0. The molecule has 0 spiro atoms. The SMILES string of the molecule is CCN1C(=O)C(=O)N(CC(=O)N2c3ccccc3NC(=O)C[C@H]2C)C1=O. The minimum atomic E-state index is -1.02. The number of nitrogens with one attached hydrogen (secondary N) is 1. The lowest BCUT2D eigenvalue weighted by Crippen LogP contribution is -2.47. The highest BCUT2D eigenvalue weighted by molar-refractivity contribution is 6.45. The van der Waals surface area contributed by atoms with Crippen molar-refractivity contribution < 1.29 is 24.0 Å². The Bertz CT molecular complexity index is 821. The standard InChI is InChI=1S/C17H18N4O5/c1-3-19-15(24)16(25)20(17(19)26)9-14(23)21-10(2)8-13(22)18-11-6-4-5-7-12(11)21/h4-7,10H,3,8-9H2,1-2H3,(H,18,22)/t10-/m1/s1. The maximum atomic E-state index is 12.9. The molecule has 0 bridgehead atoms. The van der Waals surface area contributed by atoms with Crippen molar-refractivity contribution >= 4 is 41.0 Å². The molecule has 6 amide bonds. The lowest BCUT2D eigenvalue weighted by molar-refractivity contribution is -0.143. The molecular weight excluding hydrogens is 340 g/mol. The topological polar surface area (TPSA) is 107 Å². The summed E-state index contributed by atoms with van der Waals surface area (Å²) in [7, 11) is 0. The van der Waals surface area contributed by atoms with E-state index in [1.54, 1.807) is 38.1 Å². The molecule has 2 heterocycles. The van der Waals surface area contributed by atoms with Crippen LogP contribution in [0.4, 0.5) is 16.2 Å². The van der Waals surface area contributed by atoms with Crippen molar-refractivity contribution in [2.24, 2.45) is 0 Å². The second kappa shape index (κ2) is 6.58. The minimum absolute atomic E-state index is 0.0511. The van der Waals surface area contributed by atoms with E-state index >= 15 is 0 Å². The van der Waals surface area contributed by atoms with E-state index in [0.717, 1.165) is 4.90 Å². The number of carbonyl (C=O) groups is 5. The number of carbonyl (C=O) groups excluding carboxylic acids is 5. The van der Waals surface area contributed by atoms with Crippen LogP contribution >= 0.6 is 0 Å². The quantitative estimate of drug-likeness (QED) is 0.628. The van der Waals surface area contributed by atoms with Gasteiger partial charge in [0.1, 0.15) is 6.54 Å². The molecule has 2 aliphatic heterocycles. The molecule has 0 unspecified atom stereocenters. The molecule has 0 aliphatic carbocycles. The van der Waals surface area contributed by atoms with Gasteiger partial charge in [0, 0.05) is 19.0 Å². The third-order valence-corrected chi connectivity index (χ3v) is 4.37. The fraction of sp³-hybridized carbons (Fsp3) is 0.353. The number of nitrogens with zero attached hydrogens (tertiary/aromatic N) is 3. The summed E-state index contributed by atoms with van der Waals surface area (Å²) in [5.74, 6) is -2.74. The molecule has 0 aromatic heterocycles. The van der Waals surface area contributed by atoms with Crippen molar-refractivity contribution in [3.63, 3.8) is 0 Å². The fourth-order valence-corrected chi connectivity index (χ4v) is 3.15. The van der Waals surface area contributed by atoms with Crippen LogP contribution in [0.15, 0.2) is 24.3 Å². The summed E-state index contributed by atoms with van der Waals surface area (Å²) in [5, 5.41) is 2.73. The second-order valence-electron chi connectivity index (χ2n) is 6.11. The van der Waals surface area contributed by atoms with E-state index in [4.69, 9.17) is 0 Å². The molecule has 26 heavy (non-hydrogen) atoms. The number of anilines is 2. The Morgan fingerprint density at radius 3 is 2.42 bits per heavy atom. The number of para-hydroxylation sites is 2. The monoisotopic (exact) mass is 358 g/mol. The van der Waals surface area contributed by atoms with Crippen molar-refractivity contribution in [1.82, 2.24) is 9.80 Å². The van der Waals surface area contributed by atoms with Crippen molar-refractivity contribution in [1.29, 1.82) is 0 Å².